The van der Waals surface area contributed by atoms with Crippen molar-refractivity contribution in [3.05, 3.63) is 46.4 Å². The number of hydrogen-bond acceptors (Lipinski definition) is 3. The number of carbonyl (C=O) groups excluding carboxylic acids is 1. The molecule has 2 rings (SSSR count). The number of aromatic nitrogens is 1. The topological polar surface area (TPSA) is 33.2 Å². The summed E-state index contributed by atoms with van der Waals surface area (Å²) in [5.41, 5.74) is 3.63. The van der Waals surface area contributed by atoms with Crippen LogP contribution in [0.1, 0.15) is 16.8 Å². The molecule has 0 N–H and O–H groups in total. The number of halogens is 1. The monoisotopic (exact) mass is 262 g/mol. The van der Waals surface area contributed by atoms with E-state index in [2.05, 4.69) is 4.98 Å². The predicted octanol–water partition coefficient (Wildman–Crippen LogP) is 2.63. The maximum Gasteiger partial charge on any atom is 0.187 e. The second kappa shape index (κ2) is 4.94. The molecule has 1 aliphatic rings. The van der Waals surface area contributed by atoms with Crippen molar-refractivity contribution < 1.29 is 4.79 Å². The summed E-state index contributed by atoms with van der Waals surface area (Å²) >= 11 is 5.95. The van der Waals surface area contributed by atoms with E-state index in [1.54, 1.807) is 18.3 Å². The lowest BCUT2D eigenvalue weighted by Crippen LogP contribution is -2.04. The van der Waals surface area contributed by atoms with Crippen LogP contribution in [0.5, 0.6) is 0 Å². The second-order valence-corrected chi connectivity index (χ2v) is 4.91. The van der Waals surface area contributed by atoms with E-state index in [9.17, 15) is 4.79 Å². The third-order valence-electron chi connectivity index (χ3n) is 2.89. The van der Waals surface area contributed by atoms with E-state index < -0.39 is 0 Å². The molecule has 0 spiro atoms. The van der Waals surface area contributed by atoms with Crippen molar-refractivity contribution >= 4 is 23.0 Å². The Balaban J connectivity index is 2.34. The van der Waals surface area contributed by atoms with Gasteiger partial charge in [-0.15, -0.1) is 0 Å². The lowest BCUT2D eigenvalue weighted by molar-refractivity contribution is -0.109. The smallest absolute Gasteiger partial charge is 0.187 e. The molecular weight excluding hydrogens is 248 g/mol. The number of aryl methyl sites for hydroxylation is 1. The maximum absolute atomic E-state index is 12.1. The van der Waals surface area contributed by atoms with E-state index in [0.29, 0.717) is 5.15 Å². The van der Waals surface area contributed by atoms with Crippen molar-refractivity contribution in [1.29, 1.82) is 0 Å². The van der Waals surface area contributed by atoms with Gasteiger partial charge in [-0.05, 0) is 30.5 Å². The normalized spacial score (nSPS) is 13.7. The quantitative estimate of drug-likeness (QED) is 0.620. The van der Waals surface area contributed by atoms with Crippen LogP contribution in [0.3, 0.4) is 0 Å². The molecule has 4 heteroatoms. The van der Waals surface area contributed by atoms with Crippen molar-refractivity contribution in [2.24, 2.45) is 0 Å². The number of fused-ring (bicyclic) bond motifs is 1. The summed E-state index contributed by atoms with van der Waals surface area (Å²) in [6.07, 6.45) is 6.02. The van der Waals surface area contributed by atoms with Crippen molar-refractivity contribution in [3.63, 3.8) is 0 Å². The van der Waals surface area contributed by atoms with E-state index >= 15 is 0 Å². The molecule has 0 saturated heterocycles. The van der Waals surface area contributed by atoms with Gasteiger partial charge in [0.25, 0.3) is 0 Å². The molecule has 0 saturated carbocycles. The molecule has 0 aliphatic heterocycles. The summed E-state index contributed by atoms with van der Waals surface area (Å²) in [6.45, 7) is 1.92. The zero-order valence-corrected chi connectivity index (χ0v) is 11.5. The first-order chi connectivity index (χ1) is 8.49. The van der Waals surface area contributed by atoms with Crippen LogP contribution in [0.2, 0.25) is 5.15 Å². The molecule has 0 fully saturated rings. The van der Waals surface area contributed by atoms with Gasteiger partial charge >= 0.3 is 0 Å². The molecule has 0 bridgehead atoms. The van der Waals surface area contributed by atoms with Gasteiger partial charge in [0.2, 0.25) is 0 Å². The third-order valence-corrected chi connectivity index (χ3v) is 3.08. The average molecular weight is 263 g/mol. The minimum Gasteiger partial charge on any atom is -0.383 e. The van der Waals surface area contributed by atoms with Gasteiger partial charge in [0.1, 0.15) is 5.15 Å². The highest BCUT2D eigenvalue weighted by Gasteiger charge is 2.21. The number of pyridine rings is 1. The predicted molar refractivity (Wildman–Crippen MR) is 73.5 cm³/mol. The number of carbonyl (C=O) groups is 1. The molecule has 0 unspecified atom stereocenters. The molecule has 1 aliphatic carbocycles. The molecule has 0 radical (unpaired) electrons. The van der Waals surface area contributed by atoms with Gasteiger partial charge in [0, 0.05) is 37.6 Å². The van der Waals surface area contributed by atoms with Crippen LogP contribution in [0.4, 0.5) is 0 Å². The summed E-state index contributed by atoms with van der Waals surface area (Å²) in [4.78, 5) is 18.1. The van der Waals surface area contributed by atoms with Gasteiger partial charge in [-0.3, -0.25) is 4.79 Å². The van der Waals surface area contributed by atoms with Crippen molar-refractivity contribution in [1.82, 2.24) is 9.88 Å². The minimum absolute atomic E-state index is 0.00381. The fourth-order valence-electron chi connectivity index (χ4n) is 2.01. The highest BCUT2D eigenvalue weighted by Crippen LogP contribution is 2.31. The first-order valence-electron chi connectivity index (χ1n) is 5.74. The van der Waals surface area contributed by atoms with E-state index in [0.717, 1.165) is 28.8 Å². The molecule has 1 aromatic rings. The fraction of sp³-hybridized carbons (Fsp3) is 0.286. The molecule has 18 heavy (non-hydrogen) atoms. The molecule has 3 nitrogen and oxygen atoms in total. The van der Waals surface area contributed by atoms with E-state index in [-0.39, 0.29) is 5.78 Å². The van der Waals surface area contributed by atoms with Gasteiger partial charge in [-0.2, -0.15) is 0 Å². The zero-order chi connectivity index (χ0) is 13.3. The third kappa shape index (κ3) is 2.46. The number of allylic oxidation sites excluding steroid dienone is 3. The Labute approximate surface area is 112 Å². The number of nitrogens with zero attached hydrogens (tertiary/aromatic N) is 2. The molecular formula is C14H15ClN2O. The summed E-state index contributed by atoms with van der Waals surface area (Å²) in [5, 5.41) is 0.434. The Morgan fingerprint density at radius 1 is 1.50 bits per heavy atom. The largest absolute Gasteiger partial charge is 0.383 e. The molecule has 0 atom stereocenters. The van der Waals surface area contributed by atoms with Gasteiger partial charge in [0.15, 0.2) is 5.78 Å². The summed E-state index contributed by atoms with van der Waals surface area (Å²) in [6, 6.07) is 1.77. The molecule has 1 aromatic heterocycles. The van der Waals surface area contributed by atoms with Crippen LogP contribution in [-0.4, -0.2) is 29.8 Å². The molecule has 1 heterocycles. The standard InChI is InChI=1S/C14H15ClN2O/c1-9-10-4-5-11(12(10)8-14(15)16-9)13(18)6-7-17(2)3/h5-8H,4H2,1-3H3/b7-6+. The van der Waals surface area contributed by atoms with Crippen molar-refractivity contribution in [3.8, 4) is 0 Å². The lowest BCUT2D eigenvalue weighted by Gasteiger charge is -2.07. The SMILES string of the molecule is Cc1nc(Cl)cc2c1CC=C2C(=O)/C=C/N(C)C. The Morgan fingerprint density at radius 2 is 2.22 bits per heavy atom. The molecule has 0 amide bonds. The number of rotatable bonds is 3. The van der Waals surface area contributed by atoms with Gasteiger partial charge in [-0.1, -0.05) is 17.7 Å². The average Bonchev–Trinajstić information content (AvgIpc) is 2.69. The summed E-state index contributed by atoms with van der Waals surface area (Å²) < 4.78 is 0. The van der Waals surface area contributed by atoms with E-state index in [4.69, 9.17) is 11.6 Å². The Hall–Kier alpha value is -1.61. The first-order valence-corrected chi connectivity index (χ1v) is 6.12. The van der Waals surface area contributed by atoms with Gasteiger partial charge in [0.05, 0.1) is 0 Å². The summed E-state index contributed by atoms with van der Waals surface area (Å²) in [5.74, 6) is 0.00381. The Morgan fingerprint density at radius 3 is 2.89 bits per heavy atom. The first kappa shape index (κ1) is 12.8. The Bertz CT molecular complexity index is 559. The van der Waals surface area contributed by atoms with Gasteiger partial charge < -0.3 is 4.90 Å². The van der Waals surface area contributed by atoms with E-state index in [1.807, 2.05) is 32.0 Å². The van der Waals surface area contributed by atoms with Gasteiger partial charge in [-0.25, -0.2) is 4.98 Å². The molecule has 0 aromatic carbocycles. The van der Waals surface area contributed by atoms with Crippen LogP contribution < -0.4 is 0 Å². The fourth-order valence-corrected chi connectivity index (χ4v) is 2.25. The van der Waals surface area contributed by atoms with Crippen LogP contribution in [0, 0.1) is 6.92 Å². The van der Waals surface area contributed by atoms with Crippen LogP contribution in [0.25, 0.3) is 5.57 Å². The number of hydrogen-bond donors (Lipinski definition) is 0. The highest BCUT2D eigenvalue weighted by molar-refractivity contribution is 6.31. The summed E-state index contributed by atoms with van der Waals surface area (Å²) in [7, 11) is 3.76. The number of ketones is 1. The van der Waals surface area contributed by atoms with Crippen molar-refractivity contribution in [2.45, 2.75) is 13.3 Å². The Kier molecular flexibility index (Phi) is 3.53. The van der Waals surface area contributed by atoms with Crippen LogP contribution in [0.15, 0.2) is 24.4 Å². The second-order valence-electron chi connectivity index (χ2n) is 4.52. The highest BCUT2D eigenvalue weighted by atomic mass is 35.5. The van der Waals surface area contributed by atoms with Crippen LogP contribution >= 0.6 is 11.6 Å². The lowest BCUT2D eigenvalue weighted by atomic mass is 10.0. The maximum atomic E-state index is 12.1. The zero-order valence-electron chi connectivity index (χ0n) is 10.7. The minimum atomic E-state index is 0.00381. The molecule has 94 valence electrons. The van der Waals surface area contributed by atoms with Crippen molar-refractivity contribution in [2.75, 3.05) is 14.1 Å². The van der Waals surface area contributed by atoms with Crippen LogP contribution in [-0.2, 0) is 11.2 Å². The van der Waals surface area contributed by atoms with E-state index in [1.165, 1.54) is 0 Å².